The number of rotatable bonds is 4. The van der Waals surface area contributed by atoms with Gasteiger partial charge in [0.1, 0.15) is 12.0 Å². The zero-order valence-corrected chi connectivity index (χ0v) is 13.1. The monoisotopic (exact) mass is 310 g/mol. The molecule has 1 aromatic heterocycles. The lowest BCUT2D eigenvalue weighted by Gasteiger charge is -2.35. The van der Waals surface area contributed by atoms with Gasteiger partial charge in [0.2, 0.25) is 0 Å². The van der Waals surface area contributed by atoms with E-state index in [9.17, 15) is 0 Å². The normalized spacial score (nSPS) is 16.1. The van der Waals surface area contributed by atoms with Crippen molar-refractivity contribution in [3.63, 3.8) is 0 Å². The van der Waals surface area contributed by atoms with Crippen LogP contribution in [0.25, 0.3) is 6.08 Å². The van der Waals surface area contributed by atoms with Gasteiger partial charge < -0.3 is 16.4 Å². The van der Waals surface area contributed by atoms with Gasteiger partial charge in [-0.2, -0.15) is 0 Å². The quantitative estimate of drug-likeness (QED) is 0.890. The van der Waals surface area contributed by atoms with E-state index in [2.05, 4.69) is 56.2 Å². The molecule has 0 atom stereocenters. The van der Waals surface area contributed by atoms with Gasteiger partial charge in [-0.3, -0.25) is 4.90 Å². The number of aromatic nitrogens is 2. The molecule has 0 spiro atoms. The summed E-state index contributed by atoms with van der Waals surface area (Å²) in [4.78, 5) is 12.8. The van der Waals surface area contributed by atoms with E-state index in [1.807, 2.05) is 6.07 Å². The second-order valence-electron chi connectivity index (χ2n) is 5.60. The van der Waals surface area contributed by atoms with Gasteiger partial charge in [-0.15, -0.1) is 0 Å². The van der Waals surface area contributed by atoms with Crippen LogP contribution in [-0.2, 0) is 0 Å². The Kier molecular flexibility index (Phi) is 4.73. The molecule has 1 saturated heterocycles. The number of nitrogens with zero attached hydrogens (tertiary/aromatic N) is 4. The van der Waals surface area contributed by atoms with E-state index in [4.69, 9.17) is 11.5 Å². The average molecular weight is 310 g/mol. The van der Waals surface area contributed by atoms with Gasteiger partial charge in [0.15, 0.2) is 11.6 Å². The Hall–Kier alpha value is -2.60. The zero-order chi connectivity index (χ0) is 16.1. The van der Waals surface area contributed by atoms with Crippen molar-refractivity contribution in [1.29, 1.82) is 0 Å². The molecule has 0 amide bonds. The third kappa shape index (κ3) is 3.78. The molecule has 1 aliphatic rings. The summed E-state index contributed by atoms with van der Waals surface area (Å²) >= 11 is 0. The van der Waals surface area contributed by atoms with Gasteiger partial charge in [-0.05, 0) is 5.56 Å². The molecule has 0 unspecified atom stereocenters. The lowest BCUT2D eigenvalue weighted by molar-refractivity contribution is 0.284. The lowest BCUT2D eigenvalue weighted by Crippen LogP contribution is -2.46. The Bertz CT molecular complexity index is 662. The van der Waals surface area contributed by atoms with E-state index in [1.165, 1.54) is 11.9 Å². The van der Waals surface area contributed by atoms with Crippen LogP contribution < -0.4 is 16.4 Å². The van der Waals surface area contributed by atoms with E-state index < -0.39 is 0 Å². The smallest absolute Gasteiger partial charge is 0.157 e. The molecule has 3 rings (SSSR count). The summed E-state index contributed by atoms with van der Waals surface area (Å²) in [6.45, 7) is 4.68. The molecule has 2 heterocycles. The molecule has 6 heteroatoms. The molecule has 0 aliphatic carbocycles. The molecular weight excluding hydrogens is 288 g/mol. The lowest BCUT2D eigenvalue weighted by atomic mass is 10.2. The SMILES string of the molecule is Nc1ncnc(N2CCN(C/C=C/c3ccccc3)CC2)c1N. The van der Waals surface area contributed by atoms with Crippen LogP contribution >= 0.6 is 0 Å². The molecule has 0 radical (unpaired) electrons. The molecule has 1 fully saturated rings. The van der Waals surface area contributed by atoms with Crippen molar-refractivity contribution in [3.05, 3.63) is 48.3 Å². The summed E-state index contributed by atoms with van der Waals surface area (Å²) in [5.74, 6) is 1.10. The molecule has 0 bridgehead atoms. The molecule has 23 heavy (non-hydrogen) atoms. The highest BCUT2D eigenvalue weighted by molar-refractivity contribution is 5.73. The van der Waals surface area contributed by atoms with Crippen LogP contribution in [0.3, 0.4) is 0 Å². The van der Waals surface area contributed by atoms with Crippen molar-refractivity contribution in [2.24, 2.45) is 0 Å². The van der Waals surface area contributed by atoms with E-state index >= 15 is 0 Å². The van der Waals surface area contributed by atoms with Gasteiger partial charge in [-0.1, -0.05) is 42.5 Å². The van der Waals surface area contributed by atoms with E-state index in [0.717, 1.165) is 38.5 Å². The first-order valence-electron chi connectivity index (χ1n) is 7.79. The second kappa shape index (κ2) is 7.11. The van der Waals surface area contributed by atoms with Crippen LogP contribution in [0.2, 0.25) is 0 Å². The first-order valence-corrected chi connectivity index (χ1v) is 7.79. The standard InChI is InChI=1S/C17H22N6/c18-15-16(19)20-13-21-17(15)23-11-9-22(10-12-23)8-4-7-14-5-2-1-3-6-14/h1-7,13H,8-12,18H2,(H2,19,20,21)/b7-4+. The van der Waals surface area contributed by atoms with Gasteiger partial charge in [0, 0.05) is 32.7 Å². The molecule has 1 aromatic carbocycles. The third-order valence-corrected chi connectivity index (χ3v) is 4.04. The summed E-state index contributed by atoms with van der Waals surface area (Å²) in [6, 6.07) is 10.3. The average Bonchev–Trinajstić information content (AvgIpc) is 2.59. The van der Waals surface area contributed by atoms with Gasteiger partial charge in [0.05, 0.1) is 0 Å². The van der Waals surface area contributed by atoms with Crippen molar-refractivity contribution in [2.75, 3.05) is 49.1 Å². The molecule has 1 aliphatic heterocycles. The molecule has 120 valence electrons. The number of piperazine rings is 1. The Morgan fingerprint density at radius 3 is 2.48 bits per heavy atom. The molecule has 0 saturated carbocycles. The maximum atomic E-state index is 5.98. The summed E-state index contributed by atoms with van der Waals surface area (Å²) in [5, 5.41) is 0. The van der Waals surface area contributed by atoms with Crippen LogP contribution in [0.15, 0.2) is 42.7 Å². The van der Waals surface area contributed by atoms with Gasteiger partial charge >= 0.3 is 0 Å². The maximum Gasteiger partial charge on any atom is 0.157 e. The molecule has 6 nitrogen and oxygen atoms in total. The number of nitrogens with two attached hydrogens (primary N) is 2. The Balaban J connectivity index is 1.52. The minimum atomic E-state index is 0.350. The largest absolute Gasteiger partial charge is 0.393 e. The number of hydrogen-bond acceptors (Lipinski definition) is 6. The third-order valence-electron chi connectivity index (χ3n) is 4.04. The second-order valence-corrected chi connectivity index (χ2v) is 5.60. The van der Waals surface area contributed by atoms with Crippen LogP contribution in [-0.4, -0.2) is 47.6 Å². The fraction of sp³-hybridized carbons (Fsp3) is 0.294. The van der Waals surface area contributed by atoms with Crippen LogP contribution in [0.5, 0.6) is 0 Å². The predicted octanol–water partition coefficient (Wildman–Crippen LogP) is 1.48. The maximum absolute atomic E-state index is 5.98. The van der Waals surface area contributed by atoms with E-state index in [1.54, 1.807) is 0 Å². The fourth-order valence-corrected chi connectivity index (χ4v) is 2.70. The summed E-state index contributed by atoms with van der Waals surface area (Å²) in [7, 11) is 0. The van der Waals surface area contributed by atoms with Crippen molar-refractivity contribution in [2.45, 2.75) is 0 Å². The van der Waals surface area contributed by atoms with Crippen molar-refractivity contribution < 1.29 is 0 Å². The Labute approximate surface area is 136 Å². The minimum Gasteiger partial charge on any atom is -0.393 e. The van der Waals surface area contributed by atoms with Crippen LogP contribution in [0.4, 0.5) is 17.3 Å². The molecule has 2 aromatic rings. The molecular formula is C17H22N6. The Morgan fingerprint density at radius 2 is 1.74 bits per heavy atom. The van der Waals surface area contributed by atoms with E-state index in [0.29, 0.717) is 11.5 Å². The summed E-state index contributed by atoms with van der Waals surface area (Å²) in [6.07, 6.45) is 5.84. The number of hydrogen-bond donors (Lipinski definition) is 2. The topological polar surface area (TPSA) is 84.3 Å². The highest BCUT2D eigenvalue weighted by Crippen LogP contribution is 2.24. The van der Waals surface area contributed by atoms with E-state index in [-0.39, 0.29) is 0 Å². The zero-order valence-electron chi connectivity index (χ0n) is 13.1. The van der Waals surface area contributed by atoms with Crippen LogP contribution in [0, 0.1) is 0 Å². The van der Waals surface area contributed by atoms with Crippen molar-refractivity contribution >= 4 is 23.4 Å². The summed E-state index contributed by atoms with van der Waals surface area (Å²) < 4.78 is 0. The van der Waals surface area contributed by atoms with Gasteiger partial charge in [0.25, 0.3) is 0 Å². The first-order chi connectivity index (χ1) is 11.2. The van der Waals surface area contributed by atoms with Crippen molar-refractivity contribution in [3.8, 4) is 0 Å². The molecule has 4 N–H and O–H groups in total. The first kappa shape index (κ1) is 15.3. The summed E-state index contributed by atoms with van der Waals surface area (Å²) in [5.41, 5.74) is 13.4. The van der Waals surface area contributed by atoms with Crippen LogP contribution in [0.1, 0.15) is 5.56 Å². The minimum absolute atomic E-state index is 0.350. The highest BCUT2D eigenvalue weighted by atomic mass is 15.3. The highest BCUT2D eigenvalue weighted by Gasteiger charge is 2.19. The fourth-order valence-electron chi connectivity index (χ4n) is 2.70. The number of nitrogen functional groups attached to an aromatic ring is 2. The Morgan fingerprint density at radius 1 is 1.00 bits per heavy atom. The predicted molar refractivity (Wildman–Crippen MR) is 95.0 cm³/mol. The van der Waals surface area contributed by atoms with Gasteiger partial charge in [-0.25, -0.2) is 9.97 Å². The number of anilines is 3. The van der Waals surface area contributed by atoms with Crippen molar-refractivity contribution in [1.82, 2.24) is 14.9 Å². The number of benzene rings is 1.